The molecule has 0 radical (unpaired) electrons. The largest absolute Gasteiger partial charge is 0.490 e. The van der Waals surface area contributed by atoms with Gasteiger partial charge in [-0.15, -0.1) is 11.8 Å². The number of benzene rings is 3. The first kappa shape index (κ1) is 26.6. The van der Waals surface area contributed by atoms with Gasteiger partial charge in [0.2, 0.25) is 5.91 Å². The molecule has 1 amide bonds. The predicted octanol–water partition coefficient (Wildman–Crippen LogP) is 6.02. The Morgan fingerprint density at radius 2 is 1.91 bits per heavy atom. The lowest BCUT2D eigenvalue weighted by Gasteiger charge is -2.15. The summed E-state index contributed by atoms with van der Waals surface area (Å²) in [6.45, 7) is 2.43. The molecule has 0 aliphatic carbocycles. The van der Waals surface area contributed by atoms with Gasteiger partial charge in [-0.25, -0.2) is 10.2 Å². The third-order valence-electron chi connectivity index (χ3n) is 4.48. The molecule has 3 aromatic rings. The lowest BCUT2D eigenvalue weighted by molar-refractivity contribution is -0.118. The first-order valence-electron chi connectivity index (χ1n) is 10.5. The topological polar surface area (TPSA) is 97.2 Å². The van der Waals surface area contributed by atoms with Crippen LogP contribution in [0.25, 0.3) is 0 Å². The molecule has 0 spiro atoms. The molecule has 0 aromatic heterocycles. The van der Waals surface area contributed by atoms with Crippen molar-refractivity contribution in [3.05, 3.63) is 86.8 Å². The van der Waals surface area contributed by atoms with Gasteiger partial charge in [0.05, 0.1) is 28.6 Å². The van der Waals surface area contributed by atoms with Gasteiger partial charge in [0.15, 0.2) is 11.5 Å². The monoisotopic (exact) mass is 576 g/mol. The molecule has 10 heteroatoms. The highest BCUT2D eigenvalue weighted by Gasteiger charge is 2.13. The first-order valence-corrected chi connectivity index (χ1v) is 12.6. The summed E-state index contributed by atoms with van der Waals surface area (Å²) in [5, 5.41) is 13.8. The SMILES string of the molecule is CCOc1cc(/C=N\NC(=O)CSc2ccc(Cl)cc2)cc(Br)c1OCc1cccc(C(=O)O)c1. The normalized spacial score (nSPS) is 10.8. The Morgan fingerprint density at radius 1 is 1.14 bits per heavy atom. The number of thioether (sulfide) groups is 1. The van der Waals surface area contributed by atoms with Crippen molar-refractivity contribution >= 4 is 57.4 Å². The fraction of sp³-hybridized carbons (Fsp3) is 0.160. The molecule has 0 bridgehead atoms. The predicted molar refractivity (Wildman–Crippen MR) is 141 cm³/mol. The second kappa shape index (κ2) is 13.2. The maximum atomic E-state index is 12.1. The second-order valence-electron chi connectivity index (χ2n) is 7.09. The molecule has 0 heterocycles. The summed E-state index contributed by atoms with van der Waals surface area (Å²) in [6, 6.07) is 17.3. The molecule has 2 N–H and O–H groups in total. The lowest BCUT2D eigenvalue weighted by Crippen LogP contribution is -2.19. The molecular formula is C25H22BrClN2O5S. The molecule has 0 atom stereocenters. The van der Waals surface area contributed by atoms with E-state index in [2.05, 4.69) is 26.5 Å². The van der Waals surface area contributed by atoms with Crippen LogP contribution in [0, 0.1) is 0 Å². The number of carbonyl (C=O) groups excluding carboxylic acids is 1. The Balaban J connectivity index is 1.62. The first-order chi connectivity index (χ1) is 16.9. The van der Waals surface area contributed by atoms with Gasteiger partial charge >= 0.3 is 5.97 Å². The van der Waals surface area contributed by atoms with Crippen LogP contribution in [0.4, 0.5) is 0 Å². The van der Waals surface area contributed by atoms with Gasteiger partial charge in [0.1, 0.15) is 6.61 Å². The Kier molecular flexibility index (Phi) is 10.0. The van der Waals surface area contributed by atoms with Crippen molar-refractivity contribution in [1.29, 1.82) is 0 Å². The van der Waals surface area contributed by atoms with Crippen LogP contribution in [-0.4, -0.2) is 35.6 Å². The van der Waals surface area contributed by atoms with Gasteiger partial charge in [-0.05, 0) is 82.5 Å². The number of hydrogen-bond donors (Lipinski definition) is 2. The molecule has 7 nitrogen and oxygen atoms in total. The zero-order valence-electron chi connectivity index (χ0n) is 18.7. The third-order valence-corrected chi connectivity index (χ3v) is 6.33. The number of hydrazone groups is 1. The number of hydrogen-bond acceptors (Lipinski definition) is 6. The Morgan fingerprint density at radius 3 is 2.63 bits per heavy atom. The Bertz CT molecular complexity index is 1220. The van der Waals surface area contributed by atoms with Crippen LogP contribution < -0.4 is 14.9 Å². The number of carbonyl (C=O) groups is 2. The zero-order chi connectivity index (χ0) is 25.2. The van der Waals surface area contributed by atoms with Crippen LogP contribution in [0.5, 0.6) is 11.5 Å². The van der Waals surface area contributed by atoms with Crippen LogP contribution in [0.1, 0.15) is 28.4 Å². The van der Waals surface area contributed by atoms with Crippen LogP contribution in [0.3, 0.4) is 0 Å². The van der Waals surface area contributed by atoms with E-state index >= 15 is 0 Å². The van der Waals surface area contributed by atoms with Gasteiger partial charge in [-0.2, -0.15) is 5.10 Å². The molecule has 0 fully saturated rings. The van der Waals surface area contributed by atoms with Crippen molar-refractivity contribution in [1.82, 2.24) is 5.43 Å². The van der Waals surface area contributed by atoms with Gasteiger partial charge in [-0.1, -0.05) is 23.7 Å². The fourth-order valence-electron chi connectivity index (χ4n) is 2.91. The van der Waals surface area contributed by atoms with E-state index < -0.39 is 5.97 Å². The van der Waals surface area contributed by atoms with E-state index in [1.54, 1.807) is 42.5 Å². The number of ether oxygens (including phenoxy) is 2. The molecule has 3 aromatic carbocycles. The molecule has 0 saturated heterocycles. The average Bonchev–Trinajstić information content (AvgIpc) is 2.83. The molecule has 0 aliphatic rings. The highest BCUT2D eigenvalue weighted by Crippen LogP contribution is 2.37. The van der Waals surface area contributed by atoms with Crippen LogP contribution >= 0.6 is 39.3 Å². The molecule has 182 valence electrons. The van der Waals surface area contributed by atoms with Crippen LogP contribution in [0.2, 0.25) is 5.02 Å². The summed E-state index contributed by atoms with van der Waals surface area (Å²) >= 11 is 10.7. The highest BCUT2D eigenvalue weighted by molar-refractivity contribution is 9.10. The van der Waals surface area contributed by atoms with E-state index in [-0.39, 0.29) is 23.8 Å². The summed E-state index contributed by atoms with van der Waals surface area (Å²) in [4.78, 5) is 24.2. The molecule has 3 rings (SSSR count). The second-order valence-corrected chi connectivity index (χ2v) is 9.43. The van der Waals surface area contributed by atoms with Crippen molar-refractivity contribution in [3.63, 3.8) is 0 Å². The molecule has 0 unspecified atom stereocenters. The number of aromatic carboxylic acids is 1. The number of carboxylic acid groups (broad SMARTS) is 1. The third kappa shape index (κ3) is 8.31. The fourth-order valence-corrected chi connectivity index (χ4v) is 4.30. The van der Waals surface area contributed by atoms with Crippen molar-refractivity contribution in [3.8, 4) is 11.5 Å². The van der Waals surface area contributed by atoms with E-state index in [0.29, 0.717) is 38.7 Å². The number of nitrogens with one attached hydrogen (secondary N) is 1. The van der Waals surface area contributed by atoms with Gasteiger partial charge in [0.25, 0.3) is 0 Å². The summed E-state index contributed by atoms with van der Waals surface area (Å²) in [6.07, 6.45) is 1.51. The number of nitrogens with zero attached hydrogens (tertiary/aromatic N) is 1. The zero-order valence-corrected chi connectivity index (χ0v) is 21.8. The Labute approximate surface area is 220 Å². The summed E-state index contributed by atoms with van der Waals surface area (Å²) < 4.78 is 12.3. The molecule has 0 saturated carbocycles. The summed E-state index contributed by atoms with van der Waals surface area (Å²) in [5.74, 6) is -0.0606. The van der Waals surface area contributed by atoms with Crippen molar-refractivity contribution in [2.75, 3.05) is 12.4 Å². The average molecular weight is 578 g/mol. The van der Waals surface area contributed by atoms with Gasteiger partial charge < -0.3 is 14.6 Å². The quantitative estimate of drug-likeness (QED) is 0.164. The standard InChI is InChI=1S/C25H22BrClN2O5S/c1-2-33-22-12-17(13-28-29-23(30)15-35-20-8-6-19(27)7-9-20)11-21(26)24(22)34-14-16-4-3-5-18(10-16)25(31)32/h3-13H,2,14-15H2,1H3,(H,29,30)(H,31,32)/b28-13-. The number of carboxylic acids is 1. The van der Waals surface area contributed by atoms with Gasteiger partial charge in [0, 0.05) is 9.92 Å². The van der Waals surface area contributed by atoms with E-state index in [1.807, 2.05) is 19.1 Å². The maximum Gasteiger partial charge on any atom is 0.335 e. The minimum absolute atomic E-state index is 0.161. The minimum atomic E-state index is -0.998. The number of rotatable bonds is 11. The van der Waals surface area contributed by atoms with E-state index in [0.717, 1.165) is 4.90 Å². The smallest absolute Gasteiger partial charge is 0.335 e. The van der Waals surface area contributed by atoms with Crippen molar-refractivity contribution in [2.24, 2.45) is 5.10 Å². The van der Waals surface area contributed by atoms with E-state index in [9.17, 15) is 9.59 Å². The minimum Gasteiger partial charge on any atom is -0.490 e. The van der Waals surface area contributed by atoms with Crippen molar-refractivity contribution in [2.45, 2.75) is 18.4 Å². The Hall–Kier alpha value is -3.01. The van der Waals surface area contributed by atoms with Crippen LogP contribution in [0.15, 0.2) is 75.1 Å². The van der Waals surface area contributed by atoms with Crippen molar-refractivity contribution < 1.29 is 24.2 Å². The summed E-state index contributed by atoms with van der Waals surface area (Å²) in [5.41, 5.74) is 4.10. The van der Waals surface area contributed by atoms with Gasteiger partial charge in [-0.3, -0.25) is 4.79 Å². The number of halogens is 2. The van der Waals surface area contributed by atoms with E-state index in [4.69, 9.17) is 26.2 Å². The van der Waals surface area contributed by atoms with Crippen LogP contribution in [-0.2, 0) is 11.4 Å². The lowest BCUT2D eigenvalue weighted by atomic mass is 10.1. The summed E-state index contributed by atoms with van der Waals surface area (Å²) in [7, 11) is 0. The van der Waals surface area contributed by atoms with E-state index in [1.165, 1.54) is 24.0 Å². The molecule has 0 aliphatic heterocycles. The highest BCUT2D eigenvalue weighted by atomic mass is 79.9. The molecule has 35 heavy (non-hydrogen) atoms. The number of amides is 1. The maximum absolute atomic E-state index is 12.1. The molecular weight excluding hydrogens is 556 g/mol.